The fourth-order valence-corrected chi connectivity index (χ4v) is 1.54. The summed E-state index contributed by atoms with van der Waals surface area (Å²) in [6.07, 6.45) is 4.15. The molecular formula is C11H10BNO3. The van der Waals surface area contributed by atoms with E-state index in [-0.39, 0.29) is 0 Å². The monoisotopic (exact) mass is 215 g/mol. The van der Waals surface area contributed by atoms with Gasteiger partial charge in [0.2, 0.25) is 0 Å². The van der Waals surface area contributed by atoms with E-state index in [2.05, 4.69) is 5.18 Å². The van der Waals surface area contributed by atoms with Crippen molar-refractivity contribution in [2.24, 2.45) is 5.18 Å². The molecule has 0 aromatic heterocycles. The van der Waals surface area contributed by atoms with Crippen LogP contribution in [0.3, 0.4) is 0 Å². The number of nitroso groups, excluding NO2 is 1. The molecule has 1 aromatic rings. The van der Waals surface area contributed by atoms with Crippen LogP contribution >= 0.6 is 0 Å². The Morgan fingerprint density at radius 2 is 2.38 bits per heavy atom. The second kappa shape index (κ2) is 4.83. The smallest absolute Gasteiger partial charge is 0.159 e. The van der Waals surface area contributed by atoms with Gasteiger partial charge in [-0.2, -0.15) is 0 Å². The molecule has 0 saturated heterocycles. The van der Waals surface area contributed by atoms with Gasteiger partial charge in [0.05, 0.1) is 20.0 Å². The Balaban J connectivity index is 2.41. The Labute approximate surface area is 94.6 Å². The second-order valence-corrected chi connectivity index (χ2v) is 3.27. The van der Waals surface area contributed by atoms with Gasteiger partial charge >= 0.3 is 0 Å². The van der Waals surface area contributed by atoms with Crippen molar-refractivity contribution in [2.75, 3.05) is 13.2 Å². The molecule has 80 valence electrons. The van der Waals surface area contributed by atoms with Crippen molar-refractivity contribution in [2.45, 2.75) is 6.32 Å². The highest BCUT2D eigenvalue weighted by atomic mass is 16.5. The molecule has 0 aliphatic carbocycles. The van der Waals surface area contributed by atoms with Gasteiger partial charge in [0.25, 0.3) is 0 Å². The zero-order valence-electron chi connectivity index (χ0n) is 8.68. The van der Waals surface area contributed by atoms with E-state index in [1.807, 2.05) is 12.2 Å². The lowest BCUT2D eigenvalue weighted by molar-refractivity contribution is 0.327. The molecule has 1 heterocycles. The first-order chi connectivity index (χ1) is 7.86. The van der Waals surface area contributed by atoms with Crippen molar-refractivity contribution in [1.82, 2.24) is 0 Å². The predicted molar refractivity (Wildman–Crippen MR) is 62.5 cm³/mol. The number of nitrogens with zero attached hydrogens (tertiary/aromatic N) is 1. The molecule has 1 aromatic carbocycles. The maximum atomic E-state index is 10.6. The van der Waals surface area contributed by atoms with Gasteiger partial charge in [-0.25, -0.2) is 0 Å². The number of ether oxygens (including phenoxy) is 2. The van der Waals surface area contributed by atoms with Crippen molar-refractivity contribution >= 4 is 19.6 Å². The van der Waals surface area contributed by atoms with Crippen molar-refractivity contribution in [3.05, 3.63) is 28.7 Å². The third-order valence-corrected chi connectivity index (χ3v) is 2.22. The summed E-state index contributed by atoms with van der Waals surface area (Å²) in [6, 6.07) is 3.28. The summed E-state index contributed by atoms with van der Waals surface area (Å²) in [4.78, 5) is 10.6. The minimum Gasteiger partial charge on any atom is -0.494 e. The lowest BCUT2D eigenvalue weighted by Gasteiger charge is -2.17. The number of hydrogen-bond donors (Lipinski definition) is 0. The lowest BCUT2D eigenvalue weighted by Crippen LogP contribution is -2.04. The van der Waals surface area contributed by atoms with Gasteiger partial charge in [-0.15, -0.1) is 4.91 Å². The molecule has 5 heteroatoms. The van der Waals surface area contributed by atoms with E-state index in [0.717, 1.165) is 5.56 Å². The fraction of sp³-hybridized carbons (Fsp3) is 0.273. The predicted octanol–water partition coefficient (Wildman–Crippen LogP) is 2.46. The van der Waals surface area contributed by atoms with Gasteiger partial charge in [-0.05, 0) is 29.5 Å². The molecule has 1 aliphatic heterocycles. The van der Waals surface area contributed by atoms with Crippen LogP contribution in [0, 0.1) is 4.91 Å². The number of benzene rings is 1. The molecule has 4 nitrogen and oxygen atoms in total. The number of rotatable bonds is 4. The largest absolute Gasteiger partial charge is 0.494 e. The molecule has 0 spiro atoms. The Bertz CT molecular complexity index is 431. The second-order valence-electron chi connectivity index (χ2n) is 3.27. The van der Waals surface area contributed by atoms with E-state index in [4.69, 9.17) is 17.3 Å². The SMILES string of the molecule is [B]CCOc1ccc(N=O)c2c1C=CCO2. The van der Waals surface area contributed by atoms with Crippen molar-refractivity contribution in [1.29, 1.82) is 0 Å². The maximum absolute atomic E-state index is 10.6. The minimum atomic E-state index is 0.291. The molecule has 0 unspecified atom stereocenters. The van der Waals surface area contributed by atoms with E-state index in [1.165, 1.54) is 0 Å². The summed E-state index contributed by atoms with van der Waals surface area (Å²) in [7, 11) is 5.37. The maximum Gasteiger partial charge on any atom is 0.159 e. The van der Waals surface area contributed by atoms with Crippen LogP contribution in [0.5, 0.6) is 11.5 Å². The summed E-state index contributed by atoms with van der Waals surface area (Å²) in [5.41, 5.74) is 1.04. The summed E-state index contributed by atoms with van der Waals surface area (Å²) in [5.74, 6) is 1.14. The van der Waals surface area contributed by atoms with Crippen LogP contribution in [0.1, 0.15) is 5.56 Å². The highest BCUT2D eigenvalue weighted by Gasteiger charge is 2.16. The van der Waals surface area contributed by atoms with Crippen LogP contribution in [0.15, 0.2) is 23.4 Å². The molecule has 0 saturated carbocycles. The van der Waals surface area contributed by atoms with Crippen molar-refractivity contribution in [3.8, 4) is 11.5 Å². The topological polar surface area (TPSA) is 47.9 Å². The van der Waals surface area contributed by atoms with Gasteiger partial charge < -0.3 is 9.47 Å². The third kappa shape index (κ3) is 1.93. The Hall–Kier alpha value is -1.78. The quantitative estimate of drug-likeness (QED) is 0.572. The van der Waals surface area contributed by atoms with Crippen molar-refractivity contribution in [3.63, 3.8) is 0 Å². The molecule has 0 bridgehead atoms. The third-order valence-electron chi connectivity index (χ3n) is 2.22. The van der Waals surface area contributed by atoms with Gasteiger partial charge in [-0.3, -0.25) is 0 Å². The van der Waals surface area contributed by atoms with Gasteiger partial charge in [0.15, 0.2) is 11.4 Å². The van der Waals surface area contributed by atoms with E-state index in [0.29, 0.717) is 36.7 Å². The molecule has 0 N–H and O–H groups in total. The molecule has 1 aliphatic rings. The van der Waals surface area contributed by atoms with E-state index in [9.17, 15) is 4.91 Å². The highest BCUT2D eigenvalue weighted by Crippen LogP contribution is 2.40. The van der Waals surface area contributed by atoms with Crippen LogP contribution in [-0.2, 0) is 0 Å². The van der Waals surface area contributed by atoms with Crippen LogP contribution < -0.4 is 9.47 Å². The zero-order chi connectivity index (χ0) is 11.4. The summed E-state index contributed by atoms with van der Waals surface area (Å²) >= 11 is 0. The van der Waals surface area contributed by atoms with Crippen LogP contribution in [0.25, 0.3) is 6.08 Å². The van der Waals surface area contributed by atoms with Crippen LogP contribution in [0.4, 0.5) is 5.69 Å². The van der Waals surface area contributed by atoms with E-state index >= 15 is 0 Å². The first-order valence-electron chi connectivity index (χ1n) is 4.99. The molecule has 2 radical (unpaired) electrons. The summed E-state index contributed by atoms with van der Waals surface area (Å²) in [5, 5.41) is 2.92. The zero-order valence-corrected chi connectivity index (χ0v) is 8.68. The lowest BCUT2D eigenvalue weighted by atomic mass is 10.1. The first kappa shape index (κ1) is 10.7. The van der Waals surface area contributed by atoms with Crippen LogP contribution in [-0.4, -0.2) is 21.1 Å². The van der Waals surface area contributed by atoms with Gasteiger partial charge in [0, 0.05) is 0 Å². The Morgan fingerprint density at radius 3 is 3.12 bits per heavy atom. The molecule has 0 fully saturated rings. The standard InChI is InChI=1S/C11H10BNO3/c12-5-7-15-10-4-3-9(13-14)11-8(10)2-1-6-16-11/h1-4H,5-7H2. The highest BCUT2D eigenvalue weighted by molar-refractivity contribution is 6.08. The minimum absolute atomic E-state index is 0.291. The van der Waals surface area contributed by atoms with Crippen molar-refractivity contribution < 1.29 is 9.47 Å². The van der Waals surface area contributed by atoms with Gasteiger partial charge in [0.1, 0.15) is 12.4 Å². The average Bonchev–Trinajstić information content (AvgIpc) is 2.36. The first-order valence-corrected chi connectivity index (χ1v) is 4.99. The molecule has 0 amide bonds. The Morgan fingerprint density at radius 1 is 1.50 bits per heavy atom. The Kier molecular flexibility index (Phi) is 3.24. The number of fused-ring (bicyclic) bond motifs is 1. The average molecular weight is 215 g/mol. The molecule has 16 heavy (non-hydrogen) atoms. The molecule has 0 atom stereocenters. The normalized spacial score (nSPS) is 12.8. The number of hydrogen-bond acceptors (Lipinski definition) is 4. The molecular weight excluding hydrogens is 205 g/mol. The summed E-state index contributed by atoms with van der Waals surface area (Å²) < 4.78 is 10.8. The van der Waals surface area contributed by atoms with Gasteiger partial charge in [-0.1, -0.05) is 6.32 Å². The summed E-state index contributed by atoms with van der Waals surface area (Å²) in [6.45, 7) is 0.865. The van der Waals surface area contributed by atoms with E-state index < -0.39 is 0 Å². The molecule has 2 rings (SSSR count). The van der Waals surface area contributed by atoms with Crippen LogP contribution in [0.2, 0.25) is 6.32 Å². The van der Waals surface area contributed by atoms with E-state index in [1.54, 1.807) is 12.1 Å². The fourth-order valence-electron chi connectivity index (χ4n) is 1.54.